The molecular formula is C52H35NS. The monoisotopic (exact) mass is 705 g/mol. The molecule has 2 heteroatoms. The maximum Gasteiger partial charge on any atom is 0.0640 e. The van der Waals surface area contributed by atoms with Crippen LogP contribution in [0.2, 0.25) is 0 Å². The van der Waals surface area contributed by atoms with Gasteiger partial charge in [0.05, 0.1) is 10.4 Å². The standard InChI is InChI=1S/C52H35NS/c1-2-12-36(13-3-1)40-16-8-17-41(34-40)37-26-30-44(31-27-37)53(50-24-11-23-49-48-21-6-7-25-51(48)54-52(49)50)45-32-28-38(29-33-45)42-18-9-19-43(35-42)47-22-10-15-39-14-4-5-20-46(39)47/h1-35H. The van der Waals surface area contributed by atoms with Crippen molar-refractivity contribution in [1.29, 1.82) is 0 Å². The predicted octanol–water partition coefficient (Wildman–Crippen LogP) is 15.3. The van der Waals surface area contributed by atoms with E-state index in [0.29, 0.717) is 0 Å². The summed E-state index contributed by atoms with van der Waals surface area (Å²) in [6.07, 6.45) is 0. The number of hydrogen-bond donors (Lipinski definition) is 0. The third-order valence-corrected chi connectivity index (χ3v) is 11.7. The Kier molecular flexibility index (Phi) is 8.09. The molecular weight excluding hydrogens is 671 g/mol. The minimum Gasteiger partial charge on any atom is -0.309 e. The van der Waals surface area contributed by atoms with Crippen LogP contribution in [0, 0.1) is 0 Å². The molecule has 0 saturated heterocycles. The third kappa shape index (κ3) is 5.84. The number of fused-ring (bicyclic) bond motifs is 4. The lowest BCUT2D eigenvalue weighted by Gasteiger charge is -2.26. The van der Waals surface area contributed by atoms with Gasteiger partial charge in [0.15, 0.2) is 0 Å². The second-order valence-electron chi connectivity index (χ2n) is 13.7. The summed E-state index contributed by atoms with van der Waals surface area (Å²) >= 11 is 1.86. The Labute approximate surface area is 319 Å². The van der Waals surface area contributed by atoms with Crippen molar-refractivity contribution >= 4 is 59.3 Å². The van der Waals surface area contributed by atoms with Gasteiger partial charge in [-0.05, 0) is 104 Å². The second-order valence-corrected chi connectivity index (χ2v) is 14.8. The summed E-state index contributed by atoms with van der Waals surface area (Å²) in [5.41, 5.74) is 13.1. The first-order valence-electron chi connectivity index (χ1n) is 18.4. The molecule has 0 N–H and O–H groups in total. The molecule has 0 aliphatic rings. The van der Waals surface area contributed by atoms with Gasteiger partial charge in [0.2, 0.25) is 0 Å². The van der Waals surface area contributed by atoms with Gasteiger partial charge in [0.1, 0.15) is 0 Å². The molecule has 10 aromatic rings. The maximum absolute atomic E-state index is 2.41. The molecule has 1 heterocycles. The Hall–Kier alpha value is -6.74. The van der Waals surface area contributed by atoms with Crippen LogP contribution in [0.4, 0.5) is 17.1 Å². The topological polar surface area (TPSA) is 3.24 Å². The van der Waals surface area contributed by atoms with Crippen LogP contribution in [0.15, 0.2) is 212 Å². The fourth-order valence-electron chi connectivity index (χ4n) is 7.79. The van der Waals surface area contributed by atoms with Gasteiger partial charge in [0, 0.05) is 26.8 Å². The van der Waals surface area contributed by atoms with Crippen molar-refractivity contribution in [1.82, 2.24) is 0 Å². The van der Waals surface area contributed by atoms with Gasteiger partial charge in [-0.2, -0.15) is 0 Å². The van der Waals surface area contributed by atoms with E-state index in [1.54, 1.807) is 0 Å². The molecule has 0 bridgehead atoms. The minimum atomic E-state index is 1.12. The molecule has 0 unspecified atom stereocenters. The van der Waals surface area contributed by atoms with Crippen molar-refractivity contribution in [2.45, 2.75) is 0 Å². The molecule has 1 aromatic heterocycles. The minimum absolute atomic E-state index is 1.12. The van der Waals surface area contributed by atoms with Gasteiger partial charge in [-0.15, -0.1) is 11.3 Å². The maximum atomic E-state index is 2.41. The number of anilines is 3. The van der Waals surface area contributed by atoms with Crippen molar-refractivity contribution in [2.24, 2.45) is 0 Å². The lowest BCUT2D eigenvalue weighted by molar-refractivity contribution is 1.30. The lowest BCUT2D eigenvalue weighted by atomic mass is 9.95. The van der Waals surface area contributed by atoms with Crippen molar-refractivity contribution < 1.29 is 0 Å². The molecule has 0 atom stereocenters. The molecule has 0 spiro atoms. The van der Waals surface area contributed by atoms with Crippen LogP contribution >= 0.6 is 11.3 Å². The highest BCUT2D eigenvalue weighted by Crippen LogP contribution is 2.45. The van der Waals surface area contributed by atoms with E-state index in [1.807, 2.05) is 11.3 Å². The Morgan fingerprint density at radius 1 is 0.315 bits per heavy atom. The molecule has 0 aliphatic heterocycles. The van der Waals surface area contributed by atoms with E-state index >= 15 is 0 Å². The summed E-state index contributed by atoms with van der Waals surface area (Å²) in [5, 5.41) is 5.12. The summed E-state index contributed by atoms with van der Waals surface area (Å²) in [7, 11) is 0. The average Bonchev–Trinajstić information content (AvgIpc) is 3.64. The molecule has 10 rings (SSSR count). The van der Waals surface area contributed by atoms with Gasteiger partial charge in [-0.3, -0.25) is 0 Å². The Bertz CT molecular complexity index is 2920. The fraction of sp³-hybridized carbons (Fsp3) is 0. The number of hydrogen-bond acceptors (Lipinski definition) is 2. The smallest absolute Gasteiger partial charge is 0.0640 e. The average molecular weight is 706 g/mol. The van der Waals surface area contributed by atoms with Gasteiger partial charge in [-0.25, -0.2) is 0 Å². The van der Waals surface area contributed by atoms with Crippen LogP contribution in [-0.2, 0) is 0 Å². The van der Waals surface area contributed by atoms with Crippen molar-refractivity contribution in [2.75, 3.05) is 4.90 Å². The second kappa shape index (κ2) is 13.7. The Balaban J connectivity index is 1.05. The van der Waals surface area contributed by atoms with E-state index in [2.05, 4.69) is 217 Å². The summed E-state index contributed by atoms with van der Waals surface area (Å²) in [6, 6.07) is 77.1. The molecule has 0 saturated carbocycles. The summed E-state index contributed by atoms with van der Waals surface area (Å²) in [5.74, 6) is 0. The fourth-order valence-corrected chi connectivity index (χ4v) is 9.00. The van der Waals surface area contributed by atoms with E-state index < -0.39 is 0 Å². The lowest BCUT2D eigenvalue weighted by Crippen LogP contribution is -2.10. The first kappa shape index (κ1) is 32.0. The van der Waals surface area contributed by atoms with Crippen LogP contribution in [0.5, 0.6) is 0 Å². The van der Waals surface area contributed by atoms with Gasteiger partial charge >= 0.3 is 0 Å². The Morgan fingerprint density at radius 3 is 1.50 bits per heavy atom. The van der Waals surface area contributed by atoms with Crippen LogP contribution in [0.3, 0.4) is 0 Å². The largest absolute Gasteiger partial charge is 0.309 e. The first-order chi connectivity index (χ1) is 26.8. The number of thiophene rings is 1. The van der Waals surface area contributed by atoms with Gasteiger partial charge in [0.25, 0.3) is 0 Å². The first-order valence-corrected chi connectivity index (χ1v) is 19.2. The van der Waals surface area contributed by atoms with Crippen molar-refractivity contribution in [3.05, 3.63) is 212 Å². The molecule has 0 amide bonds. The van der Waals surface area contributed by atoms with Gasteiger partial charge in [-0.1, -0.05) is 164 Å². The molecule has 54 heavy (non-hydrogen) atoms. The van der Waals surface area contributed by atoms with Crippen LogP contribution < -0.4 is 4.90 Å². The third-order valence-electron chi connectivity index (χ3n) is 10.5. The highest BCUT2D eigenvalue weighted by Gasteiger charge is 2.18. The summed E-state index contributed by atoms with van der Waals surface area (Å²) < 4.78 is 2.58. The van der Waals surface area contributed by atoms with E-state index in [9.17, 15) is 0 Å². The van der Waals surface area contributed by atoms with E-state index in [-0.39, 0.29) is 0 Å². The molecule has 1 nitrogen and oxygen atoms in total. The molecule has 9 aromatic carbocycles. The predicted molar refractivity (Wildman–Crippen MR) is 233 cm³/mol. The zero-order valence-electron chi connectivity index (χ0n) is 29.6. The zero-order chi connectivity index (χ0) is 35.8. The highest BCUT2D eigenvalue weighted by atomic mass is 32.1. The number of rotatable bonds is 7. The SMILES string of the molecule is c1ccc(-c2cccc(-c3ccc(N(c4ccc(-c5cccc(-c6cccc7ccccc67)c5)cc4)c4cccc5c4sc4ccccc45)cc3)c2)cc1. The number of nitrogens with zero attached hydrogens (tertiary/aromatic N) is 1. The van der Waals surface area contributed by atoms with Crippen LogP contribution in [-0.4, -0.2) is 0 Å². The van der Waals surface area contributed by atoms with E-state index in [1.165, 1.54) is 81.1 Å². The zero-order valence-corrected chi connectivity index (χ0v) is 30.4. The highest BCUT2D eigenvalue weighted by molar-refractivity contribution is 7.26. The van der Waals surface area contributed by atoms with E-state index in [0.717, 1.165) is 11.4 Å². The summed E-state index contributed by atoms with van der Waals surface area (Å²) in [6.45, 7) is 0. The molecule has 0 radical (unpaired) electrons. The summed E-state index contributed by atoms with van der Waals surface area (Å²) in [4.78, 5) is 2.41. The van der Waals surface area contributed by atoms with Gasteiger partial charge < -0.3 is 4.90 Å². The quantitative estimate of drug-likeness (QED) is 0.160. The molecule has 0 aliphatic carbocycles. The van der Waals surface area contributed by atoms with E-state index in [4.69, 9.17) is 0 Å². The normalized spacial score (nSPS) is 11.3. The number of benzene rings is 9. The van der Waals surface area contributed by atoms with Crippen LogP contribution in [0.1, 0.15) is 0 Å². The van der Waals surface area contributed by atoms with Crippen molar-refractivity contribution in [3.63, 3.8) is 0 Å². The van der Waals surface area contributed by atoms with Crippen molar-refractivity contribution in [3.8, 4) is 44.5 Å². The Morgan fingerprint density at radius 2 is 0.796 bits per heavy atom. The molecule has 0 fully saturated rings. The molecule has 254 valence electrons. The van der Waals surface area contributed by atoms with Crippen LogP contribution in [0.25, 0.3) is 75.5 Å².